The first kappa shape index (κ1) is 12.2. The monoisotopic (exact) mass is 241 g/mol. The average molecular weight is 241 g/mol. The van der Waals surface area contributed by atoms with Crippen molar-refractivity contribution in [2.24, 2.45) is 0 Å². The molecule has 0 N–H and O–H groups in total. The quantitative estimate of drug-likeness (QED) is 0.772. The largest absolute Gasteiger partial charge is 0.488 e. The van der Waals surface area contributed by atoms with Crippen molar-refractivity contribution < 1.29 is 14.3 Å². The third-order valence-electron chi connectivity index (χ3n) is 2.47. The van der Waals surface area contributed by atoms with Gasteiger partial charge in [-0.15, -0.1) is 0 Å². The van der Waals surface area contributed by atoms with Gasteiger partial charge in [-0.05, 0) is 23.8 Å². The molecule has 0 amide bonds. The lowest BCUT2D eigenvalue weighted by Gasteiger charge is -2.09. The van der Waals surface area contributed by atoms with Crippen LogP contribution in [0.15, 0.2) is 48.5 Å². The van der Waals surface area contributed by atoms with Gasteiger partial charge in [-0.1, -0.05) is 36.4 Å². The summed E-state index contributed by atoms with van der Waals surface area (Å²) in [5.74, 6) is 0.0827. The lowest BCUT2D eigenvalue weighted by molar-refractivity contribution is 0.0595. The minimum absolute atomic E-state index is 0.385. The standard InChI is InChI=1S/C15H13O3/c1-17-15(16)13-9-5-6-10-14(13)18-11-12-7-3-2-4-8-12/h2-4,6-10H,11H2,1H3. The van der Waals surface area contributed by atoms with E-state index in [0.717, 1.165) is 5.56 Å². The highest BCUT2D eigenvalue weighted by molar-refractivity contribution is 5.92. The number of carbonyl (C=O) groups excluding carboxylic acids is 1. The van der Waals surface area contributed by atoms with Gasteiger partial charge in [0, 0.05) is 0 Å². The van der Waals surface area contributed by atoms with Gasteiger partial charge in [0.2, 0.25) is 0 Å². The smallest absolute Gasteiger partial charge is 0.341 e. The second-order valence-corrected chi connectivity index (χ2v) is 3.69. The highest BCUT2D eigenvalue weighted by atomic mass is 16.5. The molecule has 0 unspecified atom stereocenters. The van der Waals surface area contributed by atoms with E-state index in [1.807, 2.05) is 30.3 Å². The number of methoxy groups -OCH3 is 1. The van der Waals surface area contributed by atoms with Gasteiger partial charge < -0.3 is 9.47 Å². The Bertz CT molecular complexity index is 520. The fourth-order valence-corrected chi connectivity index (χ4v) is 1.55. The van der Waals surface area contributed by atoms with Crippen molar-refractivity contribution >= 4 is 5.97 Å². The van der Waals surface area contributed by atoms with Crippen LogP contribution in [0.3, 0.4) is 0 Å². The third kappa shape index (κ3) is 2.88. The maximum Gasteiger partial charge on any atom is 0.341 e. The van der Waals surface area contributed by atoms with Gasteiger partial charge >= 0.3 is 5.97 Å². The molecular weight excluding hydrogens is 228 g/mol. The predicted molar refractivity (Wildman–Crippen MR) is 67.4 cm³/mol. The van der Waals surface area contributed by atoms with Crippen molar-refractivity contribution in [3.8, 4) is 5.75 Å². The van der Waals surface area contributed by atoms with Gasteiger partial charge in [0.25, 0.3) is 0 Å². The highest BCUT2D eigenvalue weighted by Gasteiger charge is 2.11. The van der Waals surface area contributed by atoms with Crippen molar-refractivity contribution in [1.82, 2.24) is 0 Å². The van der Waals surface area contributed by atoms with Gasteiger partial charge in [0.15, 0.2) is 0 Å². The Morgan fingerprint density at radius 2 is 2.00 bits per heavy atom. The van der Waals surface area contributed by atoms with E-state index in [1.54, 1.807) is 18.2 Å². The van der Waals surface area contributed by atoms with Crippen LogP contribution in [0.4, 0.5) is 0 Å². The van der Waals surface area contributed by atoms with Gasteiger partial charge in [-0.25, -0.2) is 4.79 Å². The van der Waals surface area contributed by atoms with Crippen LogP contribution in [-0.4, -0.2) is 13.1 Å². The molecule has 0 atom stereocenters. The molecule has 18 heavy (non-hydrogen) atoms. The molecule has 0 saturated carbocycles. The zero-order chi connectivity index (χ0) is 12.8. The Labute approximate surface area is 106 Å². The fraction of sp³-hybridized carbons (Fsp3) is 0.133. The third-order valence-corrected chi connectivity index (χ3v) is 2.47. The maximum absolute atomic E-state index is 11.5. The number of ether oxygens (including phenoxy) is 2. The summed E-state index contributed by atoms with van der Waals surface area (Å²) in [7, 11) is 1.34. The van der Waals surface area contributed by atoms with Crippen LogP contribution < -0.4 is 4.74 Å². The molecule has 0 aromatic heterocycles. The molecule has 0 heterocycles. The van der Waals surface area contributed by atoms with Crippen molar-refractivity contribution in [3.05, 3.63) is 65.7 Å². The Hall–Kier alpha value is -2.29. The van der Waals surface area contributed by atoms with E-state index in [-0.39, 0.29) is 0 Å². The summed E-state index contributed by atoms with van der Waals surface area (Å²) < 4.78 is 10.3. The zero-order valence-electron chi connectivity index (χ0n) is 10.1. The summed E-state index contributed by atoms with van der Waals surface area (Å²) in [5.41, 5.74) is 1.43. The van der Waals surface area contributed by atoms with E-state index in [4.69, 9.17) is 9.47 Å². The van der Waals surface area contributed by atoms with E-state index in [2.05, 4.69) is 6.07 Å². The van der Waals surface area contributed by atoms with Crippen LogP contribution in [-0.2, 0) is 11.3 Å². The van der Waals surface area contributed by atoms with Crippen LogP contribution in [0.1, 0.15) is 15.9 Å². The minimum Gasteiger partial charge on any atom is -0.488 e. The van der Waals surface area contributed by atoms with Gasteiger partial charge in [0.05, 0.1) is 7.11 Å². The lowest BCUT2D eigenvalue weighted by atomic mass is 10.2. The SMILES string of the molecule is COC(=O)c1c[c]ccc1OCc1ccccc1. The number of esters is 1. The first-order valence-electron chi connectivity index (χ1n) is 5.56. The minimum atomic E-state index is -0.421. The molecule has 0 saturated heterocycles. The molecule has 0 aliphatic rings. The van der Waals surface area contributed by atoms with Crippen molar-refractivity contribution in [1.29, 1.82) is 0 Å². The lowest BCUT2D eigenvalue weighted by Crippen LogP contribution is -2.05. The summed E-state index contributed by atoms with van der Waals surface area (Å²) in [6.07, 6.45) is 0. The van der Waals surface area contributed by atoms with Crippen LogP contribution in [0.2, 0.25) is 0 Å². The van der Waals surface area contributed by atoms with Crippen molar-refractivity contribution in [2.75, 3.05) is 7.11 Å². The van der Waals surface area contributed by atoms with Gasteiger partial charge in [0.1, 0.15) is 17.9 Å². The molecule has 0 fully saturated rings. The molecule has 1 radical (unpaired) electrons. The second kappa shape index (κ2) is 5.87. The molecule has 3 nitrogen and oxygen atoms in total. The summed E-state index contributed by atoms with van der Waals surface area (Å²) in [6, 6.07) is 17.6. The van der Waals surface area contributed by atoms with E-state index in [0.29, 0.717) is 17.9 Å². The molecule has 2 aromatic carbocycles. The highest BCUT2D eigenvalue weighted by Crippen LogP contribution is 2.19. The Balaban J connectivity index is 2.12. The number of benzene rings is 2. The number of hydrogen-bond acceptors (Lipinski definition) is 3. The molecule has 2 aromatic rings. The fourth-order valence-electron chi connectivity index (χ4n) is 1.55. The van der Waals surface area contributed by atoms with E-state index in [1.165, 1.54) is 7.11 Å². The van der Waals surface area contributed by atoms with Crippen LogP contribution in [0.5, 0.6) is 5.75 Å². The number of rotatable bonds is 4. The molecule has 2 rings (SSSR count). The summed E-state index contributed by atoms with van der Waals surface area (Å²) in [4.78, 5) is 11.5. The predicted octanol–water partition coefficient (Wildman–Crippen LogP) is 2.85. The molecule has 0 aliphatic carbocycles. The molecule has 3 heteroatoms. The summed E-state index contributed by atoms with van der Waals surface area (Å²) >= 11 is 0. The van der Waals surface area contributed by atoms with Crippen molar-refractivity contribution in [3.63, 3.8) is 0 Å². The van der Waals surface area contributed by atoms with Gasteiger partial charge in [-0.3, -0.25) is 0 Å². The summed E-state index contributed by atoms with van der Waals surface area (Å²) in [5, 5.41) is 0. The zero-order valence-corrected chi connectivity index (χ0v) is 10.1. The number of carbonyl (C=O) groups is 1. The van der Waals surface area contributed by atoms with Crippen LogP contribution >= 0.6 is 0 Å². The van der Waals surface area contributed by atoms with Gasteiger partial charge in [-0.2, -0.15) is 0 Å². The number of hydrogen-bond donors (Lipinski definition) is 0. The topological polar surface area (TPSA) is 35.5 Å². The Morgan fingerprint density at radius 3 is 2.72 bits per heavy atom. The molecule has 91 valence electrons. The first-order valence-corrected chi connectivity index (χ1v) is 5.56. The van der Waals surface area contributed by atoms with E-state index in [9.17, 15) is 4.79 Å². The first-order chi connectivity index (χ1) is 8.81. The molecule has 0 bridgehead atoms. The molecular formula is C15H13O3. The van der Waals surface area contributed by atoms with E-state index < -0.39 is 5.97 Å². The Morgan fingerprint density at radius 1 is 1.22 bits per heavy atom. The molecule has 0 spiro atoms. The maximum atomic E-state index is 11.5. The van der Waals surface area contributed by atoms with Crippen LogP contribution in [0.25, 0.3) is 0 Å². The second-order valence-electron chi connectivity index (χ2n) is 3.69. The molecule has 0 aliphatic heterocycles. The average Bonchev–Trinajstić information content (AvgIpc) is 2.45. The van der Waals surface area contributed by atoms with Crippen molar-refractivity contribution in [2.45, 2.75) is 6.61 Å². The van der Waals surface area contributed by atoms with Crippen LogP contribution in [0, 0.1) is 6.07 Å². The normalized spacial score (nSPS) is 9.83. The van der Waals surface area contributed by atoms with E-state index >= 15 is 0 Å². The Kier molecular flexibility index (Phi) is 3.97. The summed E-state index contributed by atoms with van der Waals surface area (Å²) in [6.45, 7) is 0.412.